The molecule has 0 unspecified atom stereocenters. The van der Waals surface area contributed by atoms with E-state index in [0.717, 1.165) is 23.3 Å². The van der Waals surface area contributed by atoms with Crippen LogP contribution in [0.2, 0.25) is 0 Å². The van der Waals surface area contributed by atoms with Crippen LogP contribution in [0.3, 0.4) is 0 Å². The van der Waals surface area contributed by atoms with Crippen molar-refractivity contribution in [1.29, 1.82) is 0 Å². The summed E-state index contributed by atoms with van der Waals surface area (Å²) < 4.78 is 5.67. The molecule has 0 bridgehead atoms. The molecule has 0 saturated heterocycles. The summed E-state index contributed by atoms with van der Waals surface area (Å²) in [5.74, 6) is 0.883. The molecule has 1 aromatic rings. The third kappa shape index (κ3) is 3.76. The number of ether oxygens (including phenoxy) is 1. The SMILES string of the molecule is C=C(C)CCOc1ccccc1[C@@H](C)N. The normalized spacial score (nSPS) is 12.2. The van der Waals surface area contributed by atoms with Crippen molar-refractivity contribution in [3.63, 3.8) is 0 Å². The second kappa shape index (κ2) is 5.56. The van der Waals surface area contributed by atoms with Gasteiger partial charge >= 0.3 is 0 Å². The molecule has 0 spiro atoms. The van der Waals surface area contributed by atoms with Gasteiger partial charge in [0.15, 0.2) is 0 Å². The van der Waals surface area contributed by atoms with Crippen molar-refractivity contribution in [2.75, 3.05) is 6.61 Å². The molecule has 82 valence electrons. The molecule has 2 nitrogen and oxygen atoms in total. The van der Waals surface area contributed by atoms with Crippen molar-refractivity contribution in [2.24, 2.45) is 5.73 Å². The topological polar surface area (TPSA) is 35.2 Å². The molecule has 2 N–H and O–H groups in total. The molecule has 0 aromatic heterocycles. The maximum atomic E-state index is 5.85. The predicted octanol–water partition coefficient (Wildman–Crippen LogP) is 3.05. The Hall–Kier alpha value is -1.28. The minimum absolute atomic E-state index is 0.00558. The van der Waals surface area contributed by atoms with Gasteiger partial charge in [0, 0.05) is 18.0 Å². The Kier molecular flexibility index (Phi) is 4.37. The summed E-state index contributed by atoms with van der Waals surface area (Å²) in [5.41, 5.74) is 8.04. The Bertz CT molecular complexity index is 331. The van der Waals surface area contributed by atoms with E-state index in [1.807, 2.05) is 38.1 Å². The zero-order chi connectivity index (χ0) is 11.3. The highest BCUT2D eigenvalue weighted by Gasteiger charge is 2.06. The molecule has 15 heavy (non-hydrogen) atoms. The minimum atomic E-state index is 0.00558. The summed E-state index contributed by atoms with van der Waals surface area (Å²) in [6, 6.07) is 7.90. The van der Waals surface area contributed by atoms with Gasteiger partial charge in [-0.1, -0.05) is 23.8 Å². The van der Waals surface area contributed by atoms with Crippen molar-refractivity contribution in [3.05, 3.63) is 42.0 Å². The van der Waals surface area contributed by atoms with Gasteiger partial charge in [0.25, 0.3) is 0 Å². The number of benzene rings is 1. The molecule has 0 fully saturated rings. The summed E-state index contributed by atoms with van der Waals surface area (Å²) in [5, 5.41) is 0. The molecule has 0 radical (unpaired) electrons. The lowest BCUT2D eigenvalue weighted by Crippen LogP contribution is -2.08. The van der Waals surface area contributed by atoms with E-state index < -0.39 is 0 Å². The number of nitrogens with two attached hydrogens (primary N) is 1. The average molecular weight is 205 g/mol. The van der Waals surface area contributed by atoms with Crippen molar-refractivity contribution >= 4 is 0 Å². The van der Waals surface area contributed by atoms with Crippen LogP contribution < -0.4 is 10.5 Å². The quantitative estimate of drug-likeness (QED) is 0.750. The third-order valence-corrected chi connectivity index (χ3v) is 2.20. The summed E-state index contributed by atoms with van der Waals surface area (Å²) in [6.45, 7) is 8.46. The van der Waals surface area contributed by atoms with Gasteiger partial charge < -0.3 is 10.5 Å². The van der Waals surface area contributed by atoms with Gasteiger partial charge in [0.2, 0.25) is 0 Å². The first kappa shape index (κ1) is 11.8. The molecule has 1 aromatic carbocycles. The summed E-state index contributed by atoms with van der Waals surface area (Å²) >= 11 is 0. The Labute approximate surface area is 91.7 Å². The van der Waals surface area contributed by atoms with Crippen LogP contribution in [0.4, 0.5) is 0 Å². The van der Waals surface area contributed by atoms with Gasteiger partial charge in [0.1, 0.15) is 5.75 Å². The molecule has 0 aliphatic rings. The molecular weight excluding hydrogens is 186 g/mol. The van der Waals surface area contributed by atoms with Crippen molar-refractivity contribution in [2.45, 2.75) is 26.3 Å². The first-order valence-electron chi connectivity index (χ1n) is 5.23. The van der Waals surface area contributed by atoms with E-state index in [2.05, 4.69) is 6.58 Å². The van der Waals surface area contributed by atoms with Crippen molar-refractivity contribution < 1.29 is 4.74 Å². The Balaban J connectivity index is 2.63. The second-order valence-corrected chi connectivity index (χ2v) is 3.88. The van der Waals surface area contributed by atoms with Crippen LogP contribution in [-0.2, 0) is 0 Å². The third-order valence-electron chi connectivity index (χ3n) is 2.20. The molecule has 1 atom stereocenters. The average Bonchev–Trinajstić information content (AvgIpc) is 2.17. The van der Waals surface area contributed by atoms with Gasteiger partial charge in [0.05, 0.1) is 6.61 Å². The lowest BCUT2D eigenvalue weighted by molar-refractivity contribution is 0.317. The number of para-hydroxylation sites is 1. The fourth-order valence-electron chi connectivity index (χ4n) is 1.32. The zero-order valence-corrected chi connectivity index (χ0v) is 9.49. The number of hydrogen-bond acceptors (Lipinski definition) is 2. The molecule has 0 aliphatic carbocycles. The maximum absolute atomic E-state index is 5.85. The standard InChI is InChI=1S/C13H19NO/c1-10(2)8-9-15-13-7-5-4-6-12(13)11(3)14/h4-7,11H,1,8-9,14H2,2-3H3/t11-/m1/s1. The van der Waals surface area contributed by atoms with E-state index in [1.165, 1.54) is 0 Å². The maximum Gasteiger partial charge on any atom is 0.124 e. The monoisotopic (exact) mass is 205 g/mol. The Morgan fingerprint density at radius 2 is 2.13 bits per heavy atom. The minimum Gasteiger partial charge on any atom is -0.493 e. The molecule has 0 heterocycles. The summed E-state index contributed by atoms with van der Waals surface area (Å²) in [6.07, 6.45) is 0.882. The van der Waals surface area contributed by atoms with Crippen LogP contribution in [0, 0.1) is 0 Å². The van der Waals surface area contributed by atoms with Gasteiger partial charge in [-0.2, -0.15) is 0 Å². The highest BCUT2D eigenvalue weighted by Crippen LogP contribution is 2.23. The van der Waals surface area contributed by atoms with Crippen LogP contribution in [0.5, 0.6) is 5.75 Å². The predicted molar refractivity (Wildman–Crippen MR) is 64.0 cm³/mol. The first-order chi connectivity index (χ1) is 7.11. The van der Waals surface area contributed by atoms with E-state index in [9.17, 15) is 0 Å². The first-order valence-corrected chi connectivity index (χ1v) is 5.23. The molecule has 2 heteroatoms. The summed E-state index contributed by atoms with van der Waals surface area (Å²) in [7, 11) is 0. The van der Waals surface area contributed by atoms with Crippen LogP contribution >= 0.6 is 0 Å². The molecule has 1 rings (SSSR count). The van der Waals surface area contributed by atoms with E-state index >= 15 is 0 Å². The van der Waals surface area contributed by atoms with Gasteiger partial charge in [-0.25, -0.2) is 0 Å². The van der Waals surface area contributed by atoms with E-state index in [1.54, 1.807) is 0 Å². The van der Waals surface area contributed by atoms with Crippen LogP contribution in [-0.4, -0.2) is 6.61 Å². The highest BCUT2D eigenvalue weighted by atomic mass is 16.5. The molecular formula is C13H19NO. The molecule has 0 amide bonds. The zero-order valence-electron chi connectivity index (χ0n) is 9.49. The van der Waals surface area contributed by atoms with Gasteiger partial charge in [-0.15, -0.1) is 6.58 Å². The van der Waals surface area contributed by atoms with Crippen molar-refractivity contribution in [1.82, 2.24) is 0 Å². The van der Waals surface area contributed by atoms with Crippen LogP contribution in [0.1, 0.15) is 31.9 Å². The lowest BCUT2D eigenvalue weighted by Gasteiger charge is -2.13. The fourth-order valence-corrected chi connectivity index (χ4v) is 1.32. The lowest BCUT2D eigenvalue weighted by atomic mass is 10.1. The number of rotatable bonds is 5. The Morgan fingerprint density at radius 1 is 1.47 bits per heavy atom. The summed E-state index contributed by atoms with van der Waals surface area (Å²) in [4.78, 5) is 0. The van der Waals surface area contributed by atoms with E-state index in [-0.39, 0.29) is 6.04 Å². The van der Waals surface area contributed by atoms with Crippen LogP contribution in [0.15, 0.2) is 36.4 Å². The van der Waals surface area contributed by atoms with E-state index in [0.29, 0.717) is 6.61 Å². The second-order valence-electron chi connectivity index (χ2n) is 3.88. The van der Waals surface area contributed by atoms with Crippen LogP contribution in [0.25, 0.3) is 0 Å². The molecule has 0 saturated carbocycles. The van der Waals surface area contributed by atoms with Gasteiger partial charge in [-0.3, -0.25) is 0 Å². The highest BCUT2D eigenvalue weighted by molar-refractivity contribution is 5.35. The largest absolute Gasteiger partial charge is 0.493 e. The van der Waals surface area contributed by atoms with Gasteiger partial charge in [-0.05, 0) is 19.9 Å². The smallest absolute Gasteiger partial charge is 0.124 e. The molecule has 0 aliphatic heterocycles. The fraction of sp³-hybridized carbons (Fsp3) is 0.385. The van der Waals surface area contributed by atoms with Crippen molar-refractivity contribution in [3.8, 4) is 5.75 Å². The Morgan fingerprint density at radius 3 is 2.73 bits per heavy atom. The number of hydrogen-bond donors (Lipinski definition) is 1. The van der Waals surface area contributed by atoms with E-state index in [4.69, 9.17) is 10.5 Å².